The number of imidazole rings is 1. The summed E-state index contributed by atoms with van der Waals surface area (Å²) in [5.41, 5.74) is 3.65. The summed E-state index contributed by atoms with van der Waals surface area (Å²) in [6.07, 6.45) is 7.83. The van der Waals surface area contributed by atoms with E-state index in [1.165, 1.54) is 36.8 Å². The monoisotopic (exact) mass is 542 g/mol. The lowest BCUT2D eigenvalue weighted by molar-refractivity contribution is 0.0103. The molecule has 3 saturated heterocycles. The second-order valence-electron chi connectivity index (χ2n) is 13.9. The van der Waals surface area contributed by atoms with E-state index in [4.69, 9.17) is 9.72 Å². The van der Waals surface area contributed by atoms with Gasteiger partial charge in [0.2, 0.25) is 0 Å². The fourth-order valence-corrected chi connectivity index (χ4v) is 8.12. The number of ether oxygens (including phenoxy) is 1. The summed E-state index contributed by atoms with van der Waals surface area (Å²) in [6, 6.07) is 20.8. The molecule has 6 heteroatoms. The highest BCUT2D eigenvalue weighted by atomic mass is 16.6. The molecule has 3 atom stereocenters. The van der Waals surface area contributed by atoms with Crippen LogP contribution in [0.3, 0.4) is 0 Å². The fourth-order valence-electron chi connectivity index (χ4n) is 8.12. The summed E-state index contributed by atoms with van der Waals surface area (Å²) >= 11 is 0. The van der Waals surface area contributed by atoms with Crippen LogP contribution in [0.15, 0.2) is 54.6 Å². The van der Waals surface area contributed by atoms with E-state index in [1.54, 1.807) is 0 Å². The highest BCUT2D eigenvalue weighted by Crippen LogP contribution is 2.50. The molecule has 0 spiro atoms. The average Bonchev–Trinajstić information content (AvgIpc) is 3.35. The maximum Gasteiger partial charge on any atom is 0.410 e. The van der Waals surface area contributed by atoms with Crippen molar-refractivity contribution in [1.82, 2.24) is 19.4 Å². The maximum absolute atomic E-state index is 12.8. The highest BCUT2D eigenvalue weighted by molar-refractivity contribution is 5.76. The lowest BCUT2D eigenvalue weighted by atomic mass is 9.70. The molecule has 0 aliphatic carbocycles. The Balaban J connectivity index is 1.19. The van der Waals surface area contributed by atoms with Crippen molar-refractivity contribution in [3.8, 4) is 0 Å². The number of amides is 1. The zero-order valence-corrected chi connectivity index (χ0v) is 25.0. The number of benzene rings is 2. The number of piperidine rings is 2. The molecule has 3 aromatic rings. The van der Waals surface area contributed by atoms with Crippen molar-refractivity contribution in [2.75, 3.05) is 19.6 Å². The van der Waals surface area contributed by atoms with Crippen LogP contribution in [0, 0.1) is 6.92 Å². The number of aryl methyl sites for hydroxylation is 1. The molecule has 3 aliphatic rings. The molecule has 2 aromatic carbocycles. The summed E-state index contributed by atoms with van der Waals surface area (Å²) in [5, 5.41) is 0. The van der Waals surface area contributed by atoms with Crippen molar-refractivity contribution < 1.29 is 9.53 Å². The number of carbonyl (C=O) groups is 1. The van der Waals surface area contributed by atoms with Gasteiger partial charge >= 0.3 is 6.09 Å². The Hall–Kier alpha value is -2.86. The molecule has 6 rings (SSSR count). The van der Waals surface area contributed by atoms with E-state index in [1.807, 2.05) is 25.7 Å². The molecular weight excluding hydrogens is 496 g/mol. The minimum atomic E-state index is -0.465. The SMILES string of the molecule is Cc1nc2ccccc2n1[C@H]1C[C@H]2CC[C@@](C)(C1)N2CCC1(c2ccccc2)CCN(C(=O)OC(C)(C)C)CC1. The molecule has 3 fully saturated rings. The van der Waals surface area contributed by atoms with Gasteiger partial charge in [-0.05, 0) is 109 Å². The Kier molecular flexibility index (Phi) is 6.97. The molecule has 6 nitrogen and oxygen atoms in total. The molecule has 0 radical (unpaired) electrons. The van der Waals surface area contributed by atoms with Crippen molar-refractivity contribution in [2.24, 2.45) is 0 Å². The first kappa shape index (κ1) is 27.3. The molecule has 0 saturated carbocycles. The van der Waals surface area contributed by atoms with Crippen LogP contribution in [0.4, 0.5) is 4.79 Å². The van der Waals surface area contributed by atoms with Gasteiger partial charge in [-0.25, -0.2) is 9.78 Å². The fraction of sp³-hybridized carbons (Fsp3) is 0.588. The molecule has 2 bridgehead atoms. The minimum Gasteiger partial charge on any atom is -0.444 e. The first-order chi connectivity index (χ1) is 19.1. The minimum absolute atomic E-state index is 0.0869. The number of fused-ring (bicyclic) bond motifs is 3. The number of likely N-dealkylation sites (tertiary alicyclic amines) is 1. The third-order valence-corrected chi connectivity index (χ3v) is 10.1. The van der Waals surface area contributed by atoms with Crippen molar-refractivity contribution in [1.29, 1.82) is 0 Å². The van der Waals surface area contributed by atoms with E-state index in [0.717, 1.165) is 50.2 Å². The van der Waals surface area contributed by atoms with Crippen molar-refractivity contribution >= 4 is 17.1 Å². The van der Waals surface area contributed by atoms with E-state index >= 15 is 0 Å². The molecule has 1 aromatic heterocycles. The van der Waals surface area contributed by atoms with Crippen LogP contribution in [-0.2, 0) is 10.2 Å². The van der Waals surface area contributed by atoms with Gasteiger partial charge in [-0.2, -0.15) is 0 Å². The number of aromatic nitrogens is 2. The van der Waals surface area contributed by atoms with Gasteiger partial charge in [-0.3, -0.25) is 4.90 Å². The predicted octanol–water partition coefficient (Wildman–Crippen LogP) is 7.26. The first-order valence-corrected chi connectivity index (χ1v) is 15.3. The number of hydrogen-bond acceptors (Lipinski definition) is 4. The molecule has 40 heavy (non-hydrogen) atoms. The largest absolute Gasteiger partial charge is 0.444 e. The van der Waals surface area contributed by atoms with Crippen LogP contribution in [-0.4, -0.2) is 62.3 Å². The zero-order valence-electron chi connectivity index (χ0n) is 25.0. The lowest BCUT2D eigenvalue weighted by Crippen LogP contribution is -2.53. The predicted molar refractivity (Wildman–Crippen MR) is 161 cm³/mol. The first-order valence-electron chi connectivity index (χ1n) is 15.3. The number of hydrogen-bond donors (Lipinski definition) is 0. The van der Waals surface area contributed by atoms with Crippen LogP contribution in [0.1, 0.15) is 90.1 Å². The Morgan fingerprint density at radius 3 is 2.40 bits per heavy atom. The van der Waals surface area contributed by atoms with Gasteiger partial charge in [0, 0.05) is 30.7 Å². The number of rotatable bonds is 5. The van der Waals surface area contributed by atoms with Gasteiger partial charge in [-0.15, -0.1) is 0 Å². The summed E-state index contributed by atoms with van der Waals surface area (Å²) in [6.45, 7) is 13.1. The van der Waals surface area contributed by atoms with Crippen LogP contribution < -0.4 is 0 Å². The van der Waals surface area contributed by atoms with E-state index < -0.39 is 5.60 Å². The molecule has 214 valence electrons. The number of carbonyl (C=O) groups excluding carboxylic acids is 1. The van der Waals surface area contributed by atoms with E-state index in [9.17, 15) is 4.79 Å². The van der Waals surface area contributed by atoms with E-state index in [-0.39, 0.29) is 17.0 Å². The molecule has 0 N–H and O–H groups in total. The maximum atomic E-state index is 12.8. The average molecular weight is 543 g/mol. The van der Waals surface area contributed by atoms with Crippen LogP contribution in [0.2, 0.25) is 0 Å². The Bertz CT molecular complexity index is 1350. The molecule has 4 heterocycles. The lowest BCUT2D eigenvalue weighted by Gasteiger charge is -2.49. The molecule has 3 aliphatic heterocycles. The summed E-state index contributed by atoms with van der Waals surface area (Å²) in [7, 11) is 0. The number of nitrogens with zero attached hydrogens (tertiary/aromatic N) is 4. The third-order valence-electron chi connectivity index (χ3n) is 10.1. The van der Waals surface area contributed by atoms with Gasteiger partial charge in [0.25, 0.3) is 0 Å². The van der Waals surface area contributed by atoms with E-state index in [0.29, 0.717) is 12.1 Å². The normalized spacial score (nSPS) is 26.8. The Morgan fingerprint density at radius 1 is 1.00 bits per heavy atom. The van der Waals surface area contributed by atoms with Gasteiger partial charge in [0.15, 0.2) is 0 Å². The molecule has 0 unspecified atom stereocenters. The summed E-state index contributed by atoms with van der Waals surface area (Å²) < 4.78 is 8.23. The molecule has 1 amide bonds. The standard InChI is InChI=1S/C34H46N4O2/c1-25-35-29-13-9-10-14-30(29)38(25)28-23-27-15-16-33(5,24-28)37(27)22-19-34(26-11-7-6-8-12-26)17-20-36(21-18-34)31(39)40-32(2,3)4/h6-14,27-28H,15-24H2,1-5H3/t27-,28+,33+/m1/s1. The Morgan fingerprint density at radius 2 is 1.70 bits per heavy atom. The van der Waals surface area contributed by atoms with Crippen molar-refractivity contribution in [3.05, 3.63) is 66.0 Å². The van der Waals surface area contributed by atoms with Crippen LogP contribution >= 0.6 is 0 Å². The smallest absolute Gasteiger partial charge is 0.410 e. The quantitative estimate of drug-likeness (QED) is 0.340. The second kappa shape index (κ2) is 10.2. The van der Waals surface area contributed by atoms with Crippen LogP contribution in [0.25, 0.3) is 11.0 Å². The number of para-hydroxylation sites is 2. The van der Waals surface area contributed by atoms with Crippen molar-refractivity contribution in [3.63, 3.8) is 0 Å². The second-order valence-corrected chi connectivity index (χ2v) is 13.9. The third kappa shape index (κ3) is 5.04. The Labute approximate surface area is 239 Å². The van der Waals surface area contributed by atoms with Crippen LogP contribution in [0.5, 0.6) is 0 Å². The summed E-state index contributed by atoms with van der Waals surface area (Å²) in [5.74, 6) is 1.14. The van der Waals surface area contributed by atoms with Gasteiger partial charge < -0.3 is 14.2 Å². The highest BCUT2D eigenvalue weighted by Gasteiger charge is 2.50. The van der Waals surface area contributed by atoms with E-state index in [2.05, 4.69) is 77.9 Å². The van der Waals surface area contributed by atoms with Gasteiger partial charge in [0.1, 0.15) is 11.4 Å². The van der Waals surface area contributed by atoms with Gasteiger partial charge in [0.05, 0.1) is 11.0 Å². The summed E-state index contributed by atoms with van der Waals surface area (Å²) in [4.78, 5) is 22.5. The topological polar surface area (TPSA) is 50.6 Å². The van der Waals surface area contributed by atoms with Gasteiger partial charge in [-0.1, -0.05) is 42.5 Å². The molecular formula is C34H46N4O2. The zero-order chi connectivity index (χ0) is 28.1. The van der Waals surface area contributed by atoms with Crippen molar-refractivity contribution in [2.45, 2.75) is 108 Å².